The molecule has 6 heteroatoms. The number of methoxy groups -OCH3 is 1. The van der Waals surface area contributed by atoms with E-state index < -0.39 is 0 Å². The van der Waals surface area contributed by atoms with Crippen molar-refractivity contribution in [3.8, 4) is 5.75 Å². The number of benzene rings is 2. The summed E-state index contributed by atoms with van der Waals surface area (Å²) in [5, 5.41) is 14.8. The van der Waals surface area contributed by atoms with Gasteiger partial charge in [-0.15, -0.1) is 0 Å². The molecule has 33 heavy (non-hydrogen) atoms. The normalized spacial score (nSPS) is 13.7. The lowest BCUT2D eigenvalue weighted by Crippen LogP contribution is -2.30. The van der Waals surface area contributed by atoms with Gasteiger partial charge in [0.05, 0.1) is 26.5 Å². The van der Waals surface area contributed by atoms with Crippen LogP contribution in [0.1, 0.15) is 34.2 Å². The number of esters is 1. The number of aromatic nitrogens is 1. The highest BCUT2D eigenvalue weighted by Gasteiger charge is 2.31. The zero-order valence-electron chi connectivity index (χ0n) is 18.6. The first-order valence-corrected chi connectivity index (χ1v) is 11.2. The number of hydrogen-bond donors (Lipinski definition) is 1. The third kappa shape index (κ3) is 4.16. The van der Waals surface area contributed by atoms with E-state index in [2.05, 4.69) is 35.6 Å². The molecule has 1 aromatic heterocycles. The minimum atomic E-state index is -0.234. The molecule has 0 radical (unpaired) electrons. The Balaban J connectivity index is 1.29. The quantitative estimate of drug-likeness (QED) is 0.261. The Bertz CT molecular complexity index is 1250. The standard InChI is InChI=1S/C27H26N2O4/c1-32-27(30)24-17-20-7-4-6-19-14-21-15-22(10-9-18(21)16-23(24)26(19)20)33-13-5-11-28-25-8-2-3-12-29(25)31/h2-4,6-10,12,15,28H,5,11,13-14,16-17H2,1H3. The van der Waals surface area contributed by atoms with E-state index in [9.17, 15) is 10.0 Å². The summed E-state index contributed by atoms with van der Waals surface area (Å²) in [5.74, 6) is 1.14. The zero-order chi connectivity index (χ0) is 22.8. The molecule has 3 aromatic rings. The van der Waals surface area contributed by atoms with E-state index in [1.807, 2.05) is 12.1 Å². The van der Waals surface area contributed by atoms with Gasteiger partial charge >= 0.3 is 5.97 Å². The van der Waals surface area contributed by atoms with Crippen molar-refractivity contribution in [2.75, 3.05) is 25.6 Å². The van der Waals surface area contributed by atoms with Crippen molar-refractivity contribution < 1.29 is 19.0 Å². The highest BCUT2D eigenvalue weighted by atomic mass is 16.5. The van der Waals surface area contributed by atoms with Gasteiger partial charge in [0.25, 0.3) is 5.82 Å². The number of carbonyl (C=O) groups is 1. The average Bonchev–Trinajstić information content (AvgIpc) is 3.11. The molecule has 6 nitrogen and oxygen atoms in total. The second-order valence-corrected chi connectivity index (χ2v) is 8.40. The molecule has 0 saturated carbocycles. The molecule has 0 bridgehead atoms. The van der Waals surface area contributed by atoms with Crippen molar-refractivity contribution in [3.05, 3.63) is 99.4 Å². The van der Waals surface area contributed by atoms with E-state index in [4.69, 9.17) is 9.47 Å². The summed E-state index contributed by atoms with van der Waals surface area (Å²) >= 11 is 0. The summed E-state index contributed by atoms with van der Waals surface area (Å²) in [5.41, 5.74) is 7.99. The van der Waals surface area contributed by atoms with Gasteiger partial charge in [-0.05, 0) is 64.4 Å². The third-order valence-electron chi connectivity index (χ3n) is 6.35. The smallest absolute Gasteiger partial charge is 0.334 e. The molecule has 0 amide bonds. The van der Waals surface area contributed by atoms with Gasteiger partial charge in [-0.25, -0.2) is 9.52 Å². The number of rotatable bonds is 7. The Morgan fingerprint density at radius 1 is 1.00 bits per heavy atom. The maximum Gasteiger partial charge on any atom is 0.334 e. The second kappa shape index (κ2) is 8.98. The highest BCUT2D eigenvalue weighted by molar-refractivity contribution is 6.02. The Morgan fingerprint density at radius 2 is 1.85 bits per heavy atom. The summed E-state index contributed by atoms with van der Waals surface area (Å²) in [7, 11) is 1.45. The van der Waals surface area contributed by atoms with Gasteiger partial charge in [0.15, 0.2) is 0 Å². The summed E-state index contributed by atoms with van der Waals surface area (Å²) in [6.07, 6.45) is 4.43. The Labute approximate surface area is 193 Å². The number of pyridine rings is 1. The van der Waals surface area contributed by atoms with Gasteiger partial charge in [0.1, 0.15) is 5.75 Å². The fourth-order valence-corrected chi connectivity index (χ4v) is 4.77. The van der Waals surface area contributed by atoms with Gasteiger partial charge in [0, 0.05) is 24.5 Å². The topological polar surface area (TPSA) is 74.5 Å². The van der Waals surface area contributed by atoms with E-state index in [1.54, 1.807) is 12.1 Å². The number of nitrogens with zero attached hydrogens (tertiary/aromatic N) is 1. The Morgan fingerprint density at radius 3 is 2.67 bits per heavy atom. The molecule has 1 N–H and O–H groups in total. The first-order valence-electron chi connectivity index (χ1n) is 11.2. The molecule has 0 atom stereocenters. The SMILES string of the molecule is COC(=O)C1=C2Cc3ccc(OCCCNc4cccc[n+]4[O-])cc3Cc3cccc(c32)C1. The number of carbonyl (C=O) groups excluding carboxylic acids is 1. The zero-order valence-corrected chi connectivity index (χ0v) is 18.6. The van der Waals surface area contributed by atoms with E-state index in [-0.39, 0.29) is 5.97 Å². The molecule has 0 aliphatic heterocycles. The molecule has 0 saturated heterocycles. The van der Waals surface area contributed by atoms with Crippen molar-refractivity contribution in [1.82, 2.24) is 0 Å². The van der Waals surface area contributed by atoms with E-state index in [0.29, 0.717) is 25.4 Å². The molecule has 5 rings (SSSR count). The summed E-state index contributed by atoms with van der Waals surface area (Å²) < 4.78 is 11.9. The average molecular weight is 443 g/mol. The van der Waals surface area contributed by atoms with Crippen LogP contribution in [0, 0.1) is 5.21 Å². The Hall–Kier alpha value is -3.80. The summed E-state index contributed by atoms with van der Waals surface area (Å²) in [6.45, 7) is 1.20. The molecule has 2 aliphatic rings. The summed E-state index contributed by atoms with van der Waals surface area (Å²) in [4.78, 5) is 12.4. The van der Waals surface area contributed by atoms with Crippen LogP contribution in [0.3, 0.4) is 0 Å². The maximum atomic E-state index is 12.4. The molecular formula is C27H26N2O4. The van der Waals surface area contributed by atoms with E-state index >= 15 is 0 Å². The fraction of sp³-hybridized carbons (Fsp3) is 0.259. The van der Waals surface area contributed by atoms with Crippen LogP contribution < -0.4 is 14.8 Å². The number of hydrogen-bond acceptors (Lipinski definition) is 5. The van der Waals surface area contributed by atoms with Gasteiger partial charge in [-0.2, -0.15) is 0 Å². The van der Waals surface area contributed by atoms with Gasteiger partial charge < -0.3 is 14.7 Å². The monoisotopic (exact) mass is 442 g/mol. The minimum Gasteiger partial charge on any atom is -0.711 e. The molecule has 2 aromatic carbocycles. The summed E-state index contributed by atoms with van der Waals surface area (Å²) in [6, 6.07) is 17.8. The van der Waals surface area contributed by atoms with Crippen LogP contribution >= 0.6 is 0 Å². The molecule has 168 valence electrons. The predicted molar refractivity (Wildman–Crippen MR) is 126 cm³/mol. The number of fused-ring (bicyclic) bond motifs is 1. The first-order chi connectivity index (χ1) is 16.1. The highest BCUT2D eigenvalue weighted by Crippen LogP contribution is 2.42. The molecule has 2 aliphatic carbocycles. The van der Waals surface area contributed by atoms with Gasteiger partial charge in [0.2, 0.25) is 0 Å². The molecule has 0 unspecified atom stereocenters. The number of ether oxygens (including phenoxy) is 2. The van der Waals surface area contributed by atoms with Crippen LogP contribution in [0.5, 0.6) is 5.75 Å². The molecule has 1 heterocycles. The van der Waals surface area contributed by atoms with Crippen molar-refractivity contribution in [1.29, 1.82) is 0 Å². The minimum absolute atomic E-state index is 0.234. The van der Waals surface area contributed by atoms with Crippen LogP contribution in [-0.2, 0) is 28.8 Å². The predicted octanol–water partition coefficient (Wildman–Crippen LogP) is 3.83. The number of anilines is 1. The lowest BCUT2D eigenvalue weighted by atomic mass is 9.97. The maximum absolute atomic E-state index is 12.4. The first kappa shape index (κ1) is 21.1. The molecule has 0 fully saturated rings. The van der Waals surface area contributed by atoms with Crippen molar-refractivity contribution in [3.63, 3.8) is 0 Å². The van der Waals surface area contributed by atoms with Crippen LogP contribution in [0.4, 0.5) is 5.82 Å². The van der Waals surface area contributed by atoms with Crippen LogP contribution in [-0.4, -0.2) is 26.2 Å². The van der Waals surface area contributed by atoms with Crippen LogP contribution in [0.2, 0.25) is 0 Å². The van der Waals surface area contributed by atoms with Gasteiger partial charge in [-0.1, -0.05) is 30.3 Å². The lowest BCUT2D eigenvalue weighted by Gasteiger charge is -2.12. The van der Waals surface area contributed by atoms with Gasteiger partial charge in [-0.3, -0.25) is 5.32 Å². The van der Waals surface area contributed by atoms with Crippen molar-refractivity contribution in [2.45, 2.75) is 25.7 Å². The lowest BCUT2D eigenvalue weighted by molar-refractivity contribution is -0.590. The van der Waals surface area contributed by atoms with Crippen LogP contribution in [0.25, 0.3) is 5.57 Å². The van der Waals surface area contributed by atoms with E-state index in [1.165, 1.54) is 41.1 Å². The van der Waals surface area contributed by atoms with Crippen molar-refractivity contribution in [2.24, 2.45) is 0 Å². The Kier molecular flexibility index (Phi) is 5.73. The number of allylic oxidation sites excluding steroid dienone is 1. The third-order valence-corrected chi connectivity index (χ3v) is 6.35. The second-order valence-electron chi connectivity index (χ2n) is 8.40. The number of nitrogens with one attached hydrogen (secondary N) is 1. The fourth-order valence-electron chi connectivity index (χ4n) is 4.77. The van der Waals surface area contributed by atoms with E-state index in [0.717, 1.165) is 40.9 Å². The molecular weight excluding hydrogens is 416 g/mol. The largest absolute Gasteiger partial charge is 0.711 e. The molecule has 0 spiro atoms. The van der Waals surface area contributed by atoms with Crippen LogP contribution in [0.15, 0.2) is 66.4 Å². The van der Waals surface area contributed by atoms with Crippen molar-refractivity contribution >= 4 is 17.4 Å².